The third-order valence-electron chi connectivity index (χ3n) is 2.71. The van der Waals surface area contributed by atoms with Gasteiger partial charge in [0.15, 0.2) is 0 Å². The van der Waals surface area contributed by atoms with Crippen molar-refractivity contribution in [2.24, 2.45) is 0 Å². The van der Waals surface area contributed by atoms with Crippen molar-refractivity contribution in [3.8, 4) is 0 Å². The summed E-state index contributed by atoms with van der Waals surface area (Å²) in [5.41, 5.74) is 6.28. The van der Waals surface area contributed by atoms with E-state index in [0.717, 1.165) is 4.88 Å². The number of thiophene rings is 1. The Morgan fingerprint density at radius 3 is 2.50 bits per heavy atom. The Morgan fingerprint density at radius 2 is 2.06 bits per heavy atom. The summed E-state index contributed by atoms with van der Waals surface area (Å²) in [6.07, 6.45) is -1.69. The Kier molecular flexibility index (Phi) is 2.88. The van der Waals surface area contributed by atoms with Gasteiger partial charge in [-0.25, -0.2) is 0 Å². The molecule has 1 aliphatic rings. The highest BCUT2D eigenvalue weighted by atomic mass is 32.1. The quantitative estimate of drug-likeness (QED) is 0.637. The summed E-state index contributed by atoms with van der Waals surface area (Å²) < 4.78 is 0. The van der Waals surface area contributed by atoms with Crippen LogP contribution < -0.4 is 5.73 Å². The fourth-order valence-corrected chi connectivity index (χ4v) is 2.60. The molecule has 0 spiro atoms. The molecule has 1 aromatic rings. The number of aryl methyl sites for hydroxylation is 1. The number of carbonyl (C=O) groups excluding carboxylic acids is 1. The molecule has 2 unspecified atom stereocenters. The number of β-amino-alcohol motifs (C(OH)–C–C–N with tert-alkyl or cyclic N) is 2. The molecular formula is C10H14N2O3S. The highest BCUT2D eigenvalue weighted by Gasteiger charge is 2.33. The molecule has 6 heteroatoms. The van der Waals surface area contributed by atoms with Crippen LogP contribution in [0.2, 0.25) is 0 Å². The van der Waals surface area contributed by atoms with E-state index >= 15 is 0 Å². The van der Waals surface area contributed by atoms with Crippen molar-refractivity contribution < 1.29 is 15.0 Å². The Morgan fingerprint density at radius 1 is 1.50 bits per heavy atom. The average Bonchev–Trinajstić information content (AvgIpc) is 2.72. The monoisotopic (exact) mass is 242 g/mol. The van der Waals surface area contributed by atoms with Gasteiger partial charge in [0.05, 0.1) is 17.1 Å². The van der Waals surface area contributed by atoms with Crippen molar-refractivity contribution >= 4 is 22.9 Å². The van der Waals surface area contributed by atoms with Gasteiger partial charge in [-0.1, -0.05) is 0 Å². The van der Waals surface area contributed by atoms with Crippen molar-refractivity contribution in [3.05, 3.63) is 15.8 Å². The number of aliphatic hydroxyl groups excluding tert-OH is 2. The molecule has 1 saturated heterocycles. The fraction of sp³-hybridized carbons (Fsp3) is 0.500. The average molecular weight is 242 g/mol. The number of hydrogen-bond acceptors (Lipinski definition) is 5. The summed E-state index contributed by atoms with van der Waals surface area (Å²) in [5, 5.41) is 18.7. The van der Waals surface area contributed by atoms with E-state index in [1.54, 1.807) is 6.07 Å². The van der Waals surface area contributed by atoms with Gasteiger partial charge in [0.1, 0.15) is 0 Å². The first-order chi connectivity index (χ1) is 7.49. The van der Waals surface area contributed by atoms with E-state index in [1.165, 1.54) is 16.2 Å². The van der Waals surface area contributed by atoms with Crippen LogP contribution in [0.25, 0.3) is 0 Å². The highest BCUT2D eigenvalue weighted by molar-refractivity contribution is 7.14. The molecule has 2 atom stereocenters. The van der Waals surface area contributed by atoms with E-state index in [2.05, 4.69) is 0 Å². The van der Waals surface area contributed by atoms with Crippen LogP contribution >= 0.6 is 11.3 Å². The molecule has 1 fully saturated rings. The third kappa shape index (κ3) is 1.91. The lowest BCUT2D eigenvalue weighted by Gasteiger charge is -2.13. The number of hydrogen-bond donors (Lipinski definition) is 3. The second-order valence-electron chi connectivity index (χ2n) is 3.97. The first kappa shape index (κ1) is 11.4. The van der Waals surface area contributed by atoms with Crippen LogP contribution in [0.3, 0.4) is 0 Å². The molecule has 0 aliphatic carbocycles. The summed E-state index contributed by atoms with van der Waals surface area (Å²) in [6.45, 7) is 2.21. The number of rotatable bonds is 1. The molecule has 88 valence electrons. The van der Waals surface area contributed by atoms with Crippen LogP contribution in [0, 0.1) is 6.92 Å². The lowest BCUT2D eigenvalue weighted by molar-refractivity contribution is 0.0572. The number of anilines is 1. The van der Waals surface area contributed by atoms with Crippen LogP contribution in [0.5, 0.6) is 0 Å². The third-order valence-corrected chi connectivity index (χ3v) is 3.77. The molecule has 0 radical (unpaired) electrons. The van der Waals surface area contributed by atoms with Crippen LogP contribution in [0.4, 0.5) is 5.69 Å². The van der Waals surface area contributed by atoms with Crippen LogP contribution in [-0.4, -0.2) is 46.3 Å². The minimum Gasteiger partial charge on any atom is -0.398 e. The van der Waals surface area contributed by atoms with E-state index in [1.807, 2.05) is 6.92 Å². The van der Waals surface area contributed by atoms with Crippen LogP contribution in [0.15, 0.2) is 6.07 Å². The molecule has 0 bridgehead atoms. The standard InChI is InChI=1S/C10H14N2O3S/c1-5-6(11)2-9(16-5)10(15)12-3-7(13)8(14)4-12/h2,7-8,13-14H,3-4,11H2,1H3. The van der Waals surface area contributed by atoms with E-state index in [4.69, 9.17) is 5.73 Å². The highest BCUT2D eigenvalue weighted by Crippen LogP contribution is 2.25. The van der Waals surface area contributed by atoms with Crippen molar-refractivity contribution in [1.29, 1.82) is 0 Å². The van der Waals surface area contributed by atoms with Crippen molar-refractivity contribution in [2.75, 3.05) is 18.8 Å². The maximum absolute atomic E-state index is 12.0. The second-order valence-corrected chi connectivity index (χ2v) is 5.22. The molecular weight excluding hydrogens is 228 g/mol. The van der Waals surface area contributed by atoms with Gasteiger partial charge < -0.3 is 20.8 Å². The summed E-state index contributed by atoms with van der Waals surface area (Å²) in [5.74, 6) is -0.180. The summed E-state index contributed by atoms with van der Waals surface area (Å²) >= 11 is 1.33. The molecule has 0 saturated carbocycles. The smallest absolute Gasteiger partial charge is 0.264 e. The number of likely N-dealkylation sites (tertiary alicyclic amines) is 1. The molecule has 1 aliphatic heterocycles. The number of aliphatic hydroxyl groups is 2. The Balaban J connectivity index is 2.14. The van der Waals surface area contributed by atoms with Gasteiger partial charge >= 0.3 is 0 Å². The largest absolute Gasteiger partial charge is 0.398 e. The number of nitrogens with zero attached hydrogens (tertiary/aromatic N) is 1. The predicted octanol–water partition coefficient (Wildman–Crippen LogP) is -0.184. The topological polar surface area (TPSA) is 86.8 Å². The van der Waals surface area contributed by atoms with Gasteiger partial charge in [-0.05, 0) is 13.0 Å². The predicted molar refractivity (Wildman–Crippen MR) is 61.4 cm³/mol. The van der Waals surface area contributed by atoms with Crippen LogP contribution in [-0.2, 0) is 0 Å². The fourth-order valence-electron chi connectivity index (χ4n) is 1.69. The molecule has 1 aromatic heterocycles. The molecule has 1 amide bonds. The molecule has 5 nitrogen and oxygen atoms in total. The molecule has 2 rings (SSSR count). The van der Waals surface area contributed by atoms with Crippen molar-refractivity contribution in [1.82, 2.24) is 4.90 Å². The Hall–Kier alpha value is -1.11. The lowest BCUT2D eigenvalue weighted by Crippen LogP contribution is -2.29. The Labute approximate surface area is 97.1 Å². The van der Waals surface area contributed by atoms with Crippen LogP contribution in [0.1, 0.15) is 14.5 Å². The minimum atomic E-state index is -0.845. The second kappa shape index (κ2) is 4.04. The zero-order valence-corrected chi connectivity index (χ0v) is 9.70. The van der Waals surface area contributed by atoms with Gasteiger partial charge in [0, 0.05) is 23.7 Å². The maximum atomic E-state index is 12.0. The Bertz CT molecular complexity index is 389. The van der Waals surface area contributed by atoms with Gasteiger partial charge in [-0.15, -0.1) is 11.3 Å². The van der Waals surface area contributed by atoms with Gasteiger partial charge in [-0.3, -0.25) is 4.79 Å². The van der Waals surface area contributed by atoms with Gasteiger partial charge in [0.25, 0.3) is 5.91 Å². The molecule has 4 N–H and O–H groups in total. The molecule has 0 aromatic carbocycles. The first-order valence-electron chi connectivity index (χ1n) is 5.00. The van der Waals surface area contributed by atoms with Crippen molar-refractivity contribution in [3.63, 3.8) is 0 Å². The van der Waals surface area contributed by atoms with Gasteiger partial charge in [-0.2, -0.15) is 0 Å². The lowest BCUT2D eigenvalue weighted by atomic mass is 10.3. The zero-order valence-electron chi connectivity index (χ0n) is 8.88. The van der Waals surface area contributed by atoms with Gasteiger partial charge in [0.2, 0.25) is 0 Å². The van der Waals surface area contributed by atoms with E-state index in [0.29, 0.717) is 10.6 Å². The molecule has 16 heavy (non-hydrogen) atoms. The SMILES string of the molecule is Cc1sc(C(=O)N2CC(O)C(O)C2)cc1N. The zero-order chi connectivity index (χ0) is 11.9. The van der Waals surface area contributed by atoms with E-state index in [9.17, 15) is 15.0 Å². The van der Waals surface area contributed by atoms with E-state index < -0.39 is 12.2 Å². The first-order valence-corrected chi connectivity index (χ1v) is 5.82. The van der Waals surface area contributed by atoms with E-state index in [-0.39, 0.29) is 19.0 Å². The summed E-state index contributed by atoms with van der Waals surface area (Å²) in [6, 6.07) is 1.64. The normalized spacial score (nSPS) is 25.1. The number of amides is 1. The summed E-state index contributed by atoms with van der Waals surface area (Å²) in [7, 11) is 0. The minimum absolute atomic E-state index is 0.177. The number of nitrogen functional groups attached to an aromatic ring is 1. The number of nitrogens with two attached hydrogens (primary N) is 1. The summed E-state index contributed by atoms with van der Waals surface area (Å²) in [4.78, 5) is 14.9. The van der Waals surface area contributed by atoms with Crippen molar-refractivity contribution in [2.45, 2.75) is 19.1 Å². The maximum Gasteiger partial charge on any atom is 0.264 e. The molecule has 2 heterocycles. The number of carbonyl (C=O) groups is 1.